The Labute approximate surface area is 150 Å². The van der Waals surface area contributed by atoms with Crippen LogP contribution in [0.2, 0.25) is 0 Å². The molecule has 0 fully saturated rings. The topological polar surface area (TPSA) is 135 Å². The van der Waals surface area contributed by atoms with E-state index in [4.69, 9.17) is 16.9 Å². The number of phenols is 1. The number of nitrogens with zero attached hydrogens (tertiary/aromatic N) is 1. The van der Waals surface area contributed by atoms with Crippen molar-refractivity contribution >= 4 is 17.2 Å². The molecule has 0 radical (unpaired) electrons. The minimum Gasteiger partial charge on any atom is -0.508 e. The van der Waals surface area contributed by atoms with Gasteiger partial charge in [0.25, 0.3) is 0 Å². The largest absolute Gasteiger partial charge is 0.508 e. The van der Waals surface area contributed by atoms with Crippen molar-refractivity contribution in [2.24, 2.45) is 11.5 Å². The number of nitrogens with two attached hydrogens (primary N) is 2. The molecule has 2 aliphatic heterocycles. The van der Waals surface area contributed by atoms with E-state index in [1.165, 1.54) is 5.01 Å². The number of rotatable bonds is 2. The standard InChI is InChI=1S/C18H19N7O/c19-15-9-13(10-5-1-4-8-14(10)26)24-25(15)17(21)16(20)18-22-11-6-2-3-7-12(11)23-18/h1-9,13,21-24,26H,19-20H2. The number of hydrazine groups is 1. The fourth-order valence-corrected chi connectivity index (χ4v) is 2.97. The van der Waals surface area contributed by atoms with Gasteiger partial charge in [-0.15, -0.1) is 0 Å². The van der Waals surface area contributed by atoms with Gasteiger partial charge in [0.1, 0.15) is 23.1 Å². The number of para-hydroxylation sites is 3. The molecular weight excluding hydrogens is 330 g/mol. The van der Waals surface area contributed by atoms with Crippen molar-refractivity contribution in [3.8, 4) is 5.75 Å². The summed E-state index contributed by atoms with van der Waals surface area (Å²) in [6, 6.07) is 14.3. The quantitative estimate of drug-likeness (QED) is 0.324. The van der Waals surface area contributed by atoms with Crippen LogP contribution in [0.15, 0.2) is 71.9 Å². The van der Waals surface area contributed by atoms with Gasteiger partial charge < -0.3 is 27.2 Å². The molecule has 132 valence electrons. The lowest BCUT2D eigenvalue weighted by molar-refractivity contribution is 0.372. The van der Waals surface area contributed by atoms with E-state index in [1.54, 1.807) is 24.3 Å². The Morgan fingerprint density at radius 1 is 1.04 bits per heavy atom. The maximum absolute atomic E-state index is 10.0. The minimum atomic E-state index is -0.351. The van der Waals surface area contributed by atoms with Gasteiger partial charge in [-0.2, -0.15) is 0 Å². The number of aromatic hydroxyl groups is 1. The molecule has 1 unspecified atom stereocenters. The molecule has 4 rings (SSSR count). The number of benzene rings is 2. The van der Waals surface area contributed by atoms with Crippen LogP contribution in [0, 0.1) is 5.41 Å². The first kappa shape index (κ1) is 15.9. The number of phenolic OH excluding ortho intramolecular Hbond substituents is 1. The average molecular weight is 349 g/mol. The van der Waals surface area contributed by atoms with E-state index in [0.717, 1.165) is 11.4 Å². The predicted molar refractivity (Wildman–Crippen MR) is 101 cm³/mol. The van der Waals surface area contributed by atoms with Gasteiger partial charge in [-0.25, -0.2) is 10.4 Å². The summed E-state index contributed by atoms with van der Waals surface area (Å²) in [5, 5.41) is 26.1. The zero-order valence-electron chi connectivity index (χ0n) is 13.8. The molecule has 0 saturated carbocycles. The van der Waals surface area contributed by atoms with Gasteiger partial charge in [-0.1, -0.05) is 30.3 Å². The summed E-state index contributed by atoms with van der Waals surface area (Å²) < 4.78 is 0. The Kier molecular flexibility index (Phi) is 3.67. The van der Waals surface area contributed by atoms with Crippen LogP contribution >= 0.6 is 0 Å². The van der Waals surface area contributed by atoms with Crippen LogP contribution in [0.1, 0.15) is 11.6 Å². The maximum atomic E-state index is 10.0. The highest BCUT2D eigenvalue weighted by molar-refractivity contribution is 5.99. The molecule has 8 nitrogen and oxygen atoms in total. The molecule has 26 heavy (non-hydrogen) atoms. The molecule has 0 amide bonds. The Bertz CT molecular complexity index is 923. The Morgan fingerprint density at radius 2 is 1.65 bits per heavy atom. The van der Waals surface area contributed by atoms with Gasteiger partial charge in [0, 0.05) is 5.56 Å². The lowest BCUT2D eigenvalue weighted by atomic mass is 10.1. The van der Waals surface area contributed by atoms with Gasteiger partial charge in [0.05, 0.1) is 17.4 Å². The molecule has 0 aliphatic carbocycles. The van der Waals surface area contributed by atoms with E-state index in [1.807, 2.05) is 30.3 Å². The minimum absolute atomic E-state index is 0.000484. The van der Waals surface area contributed by atoms with Crippen molar-refractivity contribution in [1.82, 2.24) is 10.4 Å². The summed E-state index contributed by atoms with van der Waals surface area (Å²) in [4.78, 5) is 0. The monoisotopic (exact) mass is 349 g/mol. The SMILES string of the molecule is N=C(C(N)=C1Nc2ccccc2N1)N1NC(c2ccccc2O)C=C1N. The summed E-state index contributed by atoms with van der Waals surface area (Å²) >= 11 is 0. The Balaban J connectivity index is 1.56. The van der Waals surface area contributed by atoms with Gasteiger partial charge in [0.15, 0.2) is 5.84 Å². The molecule has 2 aliphatic rings. The van der Waals surface area contributed by atoms with E-state index in [-0.39, 0.29) is 23.3 Å². The van der Waals surface area contributed by atoms with Crippen molar-refractivity contribution in [3.05, 3.63) is 77.5 Å². The first-order chi connectivity index (χ1) is 12.5. The third-order valence-electron chi connectivity index (χ3n) is 4.33. The number of amidine groups is 1. The fourth-order valence-electron chi connectivity index (χ4n) is 2.97. The molecule has 0 spiro atoms. The molecule has 0 saturated heterocycles. The smallest absolute Gasteiger partial charge is 0.168 e. The molecule has 2 aromatic rings. The van der Waals surface area contributed by atoms with E-state index < -0.39 is 0 Å². The van der Waals surface area contributed by atoms with Crippen LogP contribution in [0.5, 0.6) is 5.75 Å². The summed E-state index contributed by atoms with van der Waals surface area (Å²) in [6.07, 6.45) is 1.73. The normalized spacial score (nSPS) is 18.0. The second-order valence-corrected chi connectivity index (χ2v) is 6.03. The van der Waals surface area contributed by atoms with E-state index in [0.29, 0.717) is 17.2 Å². The molecule has 0 aromatic heterocycles. The third-order valence-corrected chi connectivity index (χ3v) is 4.33. The summed E-state index contributed by atoms with van der Waals surface area (Å²) in [7, 11) is 0. The van der Waals surface area contributed by atoms with Gasteiger partial charge in [-0.3, -0.25) is 5.41 Å². The first-order valence-corrected chi connectivity index (χ1v) is 8.08. The van der Waals surface area contributed by atoms with Crippen molar-refractivity contribution < 1.29 is 5.11 Å². The lowest BCUT2D eigenvalue weighted by Gasteiger charge is -2.23. The number of hydrogen-bond donors (Lipinski definition) is 7. The number of anilines is 2. The molecule has 1 atom stereocenters. The second-order valence-electron chi connectivity index (χ2n) is 6.03. The molecule has 8 heteroatoms. The molecule has 9 N–H and O–H groups in total. The summed E-state index contributed by atoms with van der Waals surface area (Å²) in [6.45, 7) is 0. The van der Waals surface area contributed by atoms with Crippen LogP contribution in [-0.2, 0) is 0 Å². The van der Waals surface area contributed by atoms with Crippen LogP contribution in [0.4, 0.5) is 11.4 Å². The van der Waals surface area contributed by atoms with E-state index in [2.05, 4.69) is 16.1 Å². The van der Waals surface area contributed by atoms with Crippen molar-refractivity contribution in [1.29, 1.82) is 5.41 Å². The number of hydrogen-bond acceptors (Lipinski definition) is 7. The predicted octanol–water partition coefficient (Wildman–Crippen LogP) is 1.70. The zero-order valence-corrected chi connectivity index (χ0v) is 13.8. The van der Waals surface area contributed by atoms with Gasteiger partial charge in [0.2, 0.25) is 0 Å². The van der Waals surface area contributed by atoms with E-state index >= 15 is 0 Å². The van der Waals surface area contributed by atoms with Crippen molar-refractivity contribution in [2.45, 2.75) is 6.04 Å². The maximum Gasteiger partial charge on any atom is 0.168 e. The van der Waals surface area contributed by atoms with E-state index in [9.17, 15) is 5.11 Å². The molecule has 0 bridgehead atoms. The van der Waals surface area contributed by atoms with Crippen LogP contribution in [-0.4, -0.2) is 16.0 Å². The van der Waals surface area contributed by atoms with Crippen molar-refractivity contribution in [2.75, 3.05) is 10.6 Å². The first-order valence-electron chi connectivity index (χ1n) is 8.08. The molecule has 2 aromatic carbocycles. The highest BCUT2D eigenvalue weighted by Crippen LogP contribution is 2.32. The van der Waals surface area contributed by atoms with Crippen LogP contribution < -0.4 is 27.5 Å². The average Bonchev–Trinajstić information content (AvgIpc) is 3.24. The van der Waals surface area contributed by atoms with Gasteiger partial charge in [-0.05, 0) is 24.3 Å². The Hall–Kier alpha value is -3.65. The fraction of sp³-hybridized carbons (Fsp3) is 0.0556. The molecule has 2 heterocycles. The lowest BCUT2D eigenvalue weighted by Crippen LogP contribution is -2.43. The second kappa shape index (κ2) is 6.01. The highest BCUT2D eigenvalue weighted by Gasteiger charge is 2.29. The van der Waals surface area contributed by atoms with Crippen LogP contribution in [0.3, 0.4) is 0 Å². The number of fused-ring (bicyclic) bond motifs is 1. The van der Waals surface area contributed by atoms with Crippen molar-refractivity contribution in [3.63, 3.8) is 0 Å². The van der Waals surface area contributed by atoms with Crippen LogP contribution in [0.25, 0.3) is 0 Å². The molecular formula is C18H19N7O. The zero-order chi connectivity index (χ0) is 18.3. The summed E-state index contributed by atoms with van der Waals surface area (Å²) in [5.41, 5.74) is 18.0. The summed E-state index contributed by atoms with van der Waals surface area (Å²) in [5.74, 6) is 1.02. The highest BCUT2D eigenvalue weighted by atomic mass is 16.3. The third kappa shape index (κ3) is 2.58. The Morgan fingerprint density at radius 3 is 2.31 bits per heavy atom. The van der Waals surface area contributed by atoms with Gasteiger partial charge >= 0.3 is 0 Å². The number of nitrogens with one attached hydrogen (secondary N) is 4.